The second kappa shape index (κ2) is 2.46. The second-order valence-electron chi connectivity index (χ2n) is 4.08. The van der Waals surface area contributed by atoms with Crippen LogP contribution >= 0.6 is 0 Å². The zero-order valence-corrected chi connectivity index (χ0v) is 7.39. The summed E-state index contributed by atoms with van der Waals surface area (Å²) in [7, 11) is 0. The highest BCUT2D eigenvalue weighted by Gasteiger charge is 2.42. The number of morpholine rings is 1. The van der Waals surface area contributed by atoms with Gasteiger partial charge in [0.05, 0.1) is 12.7 Å². The average Bonchev–Trinajstić information content (AvgIpc) is 1.92. The molecule has 1 spiro atoms. The fraction of sp³-hybridized carbons (Fsp3) is 1.00. The molecular formula is C9H17NO. The number of nitrogens with one attached hydrogen (secondary N) is 1. The number of hydrogen-bond donors (Lipinski definition) is 1. The lowest BCUT2D eigenvalue weighted by atomic mass is 9.76. The van der Waals surface area contributed by atoms with Crippen LogP contribution in [0.25, 0.3) is 0 Å². The molecule has 2 rings (SSSR count). The first-order valence-corrected chi connectivity index (χ1v) is 4.61. The van der Waals surface area contributed by atoms with Gasteiger partial charge in [-0.2, -0.15) is 0 Å². The van der Waals surface area contributed by atoms with Crippen molar-refractivity contribution in [2.75, 3.05) is 6.61 Å². The van der Waals surface area contributed by atoms with E-state index in [2.05, 4.69) is 19.2 Å². The SMILES string of the molecule is CC1NC2(CCC2)COC1C. The van der Waals surface area contributed by atoms with Crippen LogP contribution in [0.5, 0.6) is 0 Å². The van der Waals surface area contributed by atoms with Crippen molar-refractivity contribution in [2.24, 2.45) is 0 Å². The Hall–Kier alpha value is -0.0800. The minimum Gasteiger partial charge on any atom is -0.375 e. The van der Waals surface area contributed by atoms with Crippen LogP contribution < -0.4 is 5.32 Å². The summed E-state index contributed by atoms with van der Waals surface area (Å²) in [6, 6.07) is 0.532. The summed E-state index contributed by atoms with van der Waals surface area (Å²) >= 11 is 0. The van der Waals surface area contributed by atoms with Gasteiger partial charge in [0.25, 0.3) is 0 Å². The van der Waals surface area contributed by atoms with Crippen molar-refractivity contribution in [1.29, 1.82) is 0 Å². The molecule has 0 amide bonds. The van der Waals surface area contributed by atoms with Crippen molar-refractivity contribution in [3.8, 4) is 0 Å². The lowest BCUT2D eigenvalue weighted by Crippen LogP contribution is -2.64. The first kappa shape index (κ1) is 7.56. The first-order valence-electron chi connectivity index (χ1n) is 4.61. The molecule has 1 aliphatic heterocycles. The normalized spacial score (nSPS) is 42.0. The van der Waals surface area contributed by atoms with Crippen molar-refractivity contribution in [3.05, 3.63) is 0 Å². The van der Waals surface area contributed by atoms with E-state index in [1.807, 2.05) is 0 Å². The highest BCUT2D eigenvalue weighted by Crippen LogP contribution is 2.35. The zero-order valence-electron chi connectivity index (χ0n) is 7.39. The Morgan fingerprint density at radius 2 is 2.09 bits per heavy atom. The Labute approximate surface area is 68.3 Å². The molecule has 2 unspecified atom stereocenters. The standard InChI is InChI=1S/C9H17NO/c1-7-8(2)11-6-9(10-7)4-3-5-9/h7-8,10H,3-6H2,1-2H3. The van der Waals surface area contributed by atoms with Gasteiger partial charge in [-0.05, 0) is 33.1 Å². The predicted molar refractivity (Wildman–Crippen MR) is 44.6 cm³/mol. The van der Waals surface area contributed by atoms with Crippen molar-refractivity contribution < 1.29 is 4.74 Å². The van der Waals surface area contributed by atoms with E-state index in [1.165, 1.54) is 19.3 Å². The number of hydrogen-bond acceptors (Lipinski definition) is 2. The Bertz CT molecular complexity index is 154. The summed E-state index contributed by atoms with van der Waals surface area (Å²) in [6.07, 6.45) is 4.38. The van der Waals surface area contributed by atoms with Gasteiger partial charge >= 0.3 is 0 Å². The molecule has 2 aliphatic rings. The molecule has 0 aromatic carbocycles. The van der Waals surface area contributed by atoms with E-state index in [0.29, 0.717) is 17.7 Å². The van der Waals surface area contributed by atoms with Crippen LogP contribution in [0.3, 0.4) is 0 Å². The molecule has 0 aromatic heterocycles. The Balaban J connectivity index is 1.97. The van der Waals surface area contributed by atoms with Gasteiger partial charge in [0, 0.05) is 11.6 Å². The molecule has 2 heteroatoms. The Kier molecular flexibility index (Phi) is 1.69. The van der Waals surface area contributed by atoms with Crippen LogP contribution in [-0.2, 0) is 4.74 Å². The van der Waals surface area contributed by atoms with Crippen molar-refractivity contribution in [2.45, 2.75) is 50.8 Å². The summed E-state index contributed by atoms with van der Waals surface area (Å²) in [4.78, 5) is 0. The first-order chi connectivity index (χ1) is 5.22. The van der Waals surface area contributed by atoms with Gasteiger partial charge < -0.3 is 10.1 Å². The Morgan fingerprint density at radius 3 is 2.55 bits per heavy atom. The summed E-state index contributed by atoms with van der Waals surface area (Å²) in [5.41, 5.74) is 0.381. The van der Waals surface area contributed by atoms with E-state index in [0.717, 1.165) is 6.61 Å². The van der Waals surface area contributed by atoms with Gasteiger partial charge in [-0.1, -0.05) is 0 Å². The van der Waals surface area contributed by atoms with Gasteiger partial charge in [0.1, 0.15) is 0 Å². The maximum atomic E-state index is 5.69. The second-order valence-corrected chi connectivity index (χ2v) is 4.08. The van der Waals surface area contributed by atoms with Crippen LogP contribution in [0.4, 0.5) is 0 Å². The molecule has 11 heavy (non-hydrogen) atoms. The molecule has 1 N–H and O–H groups in total. The fourth-order valence-electron chi connectivity index (χ4n) is 1.97. The summed E-state index contributed by atoms with van der Waals surface area (Å²) < 4.78 is 5.69. The molecule has 0 bridgehead atoms. The monoisotopic (exact) mass is 155 g/mol. The van der Waals surface area contributed by atoms with E-state index in [9.17, 15) is 0 Å². The van der Waals surface area contributed by atoms with Crippen molar-refractivity contribution in [1.82, 2.24) is 5.32 Å². The molecule has 0 aromatic rings. The maximum absolute atomic E-state index is 5.69. The molecule has 1 saturated carbocycles. The summed E-state index contributed by atoms with van der Waals surface area (Å²) in [6.45, 7) is 5.28. The minimum absolute atomic E-state index is 0.381. The van der Waals surface area contributed by atoms with E-state index in [4.69, 9.17) is 4.74 Å². The van der Waals surface area contributed by atoms with Crippen LogP contribution in [0.1, 0.15) is 33.1 Å². The molecular weight excluding hydrogens is 138 g/mol. The molecule has 64 valence electrons. The van der Waals surface area contributed by atoms with Crippen molar-refractivity contribution >= 4 is 0 Å². The summed E-state index contributed by atoms with van der Waals surface area (Å²) in [5, 5.41) is 3.65. The lowest BCUT2D eigenvalue weighted by Gasteiger charge is -2.49. The topological polar surface area (TPSA) is 21.3 Å². The van der Waals surface area contributed by atoms with Crippen molar-refractivity contribution in [3.63, 3.8) is 0 Å². The molecule has 2 nitrogen and oxygen atoms in total. The van der Waals surface area contributed by atoms with E-state index < -0.39 is 0 Å². The summed E-state index contributed by atoms with van der Waals surface area (Å²) in [5.74, 6) is 0. The van der Waals surface area contributed by atoms with Gasteiger partial charge in [-0.25, -0.2) is 0 Å². The highest BCUT2D eigenvalue weighted by atomic mass is 16.5. The van der Waals surface area contributed by atoms with Crippen LogP contribution in [-0.4, -0.2) is 24.3 Å². The van der Waals surface area contributed by atoms with Gasteiger partial charge in [0.15, 0.2) is 0 Å². The third-order valence-electron chi connectivity index (χ3n) is 3.17. The smallest absolute Gasteiger partial charge is 0.0698 e. The largest absolute Gasteiger partial charge is 0.375 e. The van der Waals surface area contributed by atoms with Gasteiger partial charge in [-0.15, -0.1) is 0 Å². The fourth-order valence-corrected chi connectivity index (χ4v) is 1.97. The van der Waals surface area contributed by atoms with Crippen LogP contribution in [0.15, 0.2) is 0 Å². The van der Waals surface area contributed by atoms with Gasteiger partial charge in [0.2, 0.25) is 0 Å². The Morgan fingerprint density at radius 1 is 1.36 bits per heavy atom. The molecule has 2 atom stereocenters. The van der Waals surface area contributed by atoms with Crippen LogP contribution in [0.2, 0.25) is 0 Å². The predicted octanol–water partition coefficient (Wildman–Crippen LogP) is 1.31. The molecule has 1 saturated heterocycles. The minimum atomic E-state index is 0.381. The average molecular weight is 155 g/mol. The molecule has 1 aliphatic carbocycles. The van der Waals surface area contributed by atoms with E-state index in [1.54, 1.807) is 0 Å². The van der Waals surface area contributed by atoms with E-state index >= 15 is 0 Å². The van der Waals surface area contributed by atoms with Crippen LogP contribution in [0, 0.1) is 0 Å². The number of ether oxygens (including phenoxy) is 1. The number of rotatable bonds is 0. The van der Waals surface area contributed by atoms with Gasteiger partial charge in [-0.3, -0.25) is 0 Å². The van der Waals surface area contributed by atoms with E-state index in [-0.39, 0.29) is 0 Å². The third-order valence-corrected chi connectivity index (χ3v) is 3.17. The molecule has 0 radical (unpaired) electrons. The highest BCUT2D eigenvalue weighted by molar-refractivity contribution is 5.00. The lowest BCUT2D eigenvalue weighted by molar-refractivity contribution is -0.0757. The maximum Gasteiger partial charge on any atom is 0.0698 e. The molecule has 2 fully saturated rings. The zero-order chi connectivity index (χ0) is 7.90. The molecule has 1 heterocycles. The third kappa shape index (κ3) is 1.18. The quantitative estimate of drug-likeness (QED) is 0.569.